The van der Waals surface area contributed by atoms with E-state index in [0.717, 1.165) is 11.3 Å². The summed E-state index contributed by atoms with van der Waals surface area (Å²) in [5.41, 5.74) is 0.554. The summed E-state index contributed by atoms with van der Waals surface area (Å²) < 4.78 is 0. The van der Waals surface area contributed by atoms with E-state index in [9.17, 15) is 14.4 Å². The van der Waals surface area contributed by atoms with Crippen LogP contribution in [-0.4, -0.2) is 34.8 Å². The number of rotatable bonds is 5. The molecular weight excluding hydrogens is 306 g/mol. The maximum absolute atomic E-state index is 12.2. The van der Waals surface area contributed by atoms with Crippen molar-refractivity contribution in [2.45, 2.75) is 38.8 Å². The number of halogens is 1. The molecule has 0 aromatic heterocycles. The third-order valence-electron chi connectivity index (χ3n) is 3.51. The van der Waals surface area contributed by atoms with Crippen molar-refractivity contribution in [3.8, 4) is 0 Å². The van der Waals surface area contributed by atoms with Crippen LogP contribution in [0.25, 0.3) is 0 Å². The van der Waals surface area contributed by atoms with Crippen LogP contribution >= 0.6 is 11.6 Å². The van der Waals surface area contributed by atoms with Gasteiger partial charge in [0.25, 0.3) is 5.91 Å². The van der Waals surface area contributed by atoms with Crippen LogP contribution in [-0.2, 0) is 9.59 Å². The Morgan fingerprint density at radius 1 is 1.36 bits per heavy atom. The van der Waals surface area contributed by atoms with Gasteiger partial charge in [0, 0.05) is 10.7 Å². The van der Waals surface area contributed by atoms with E-state index in [1.165, 1.54) is 6.92 Å². The van der Waals surface area contributed by atoms with Gasteiger partial charge in [0.05, 0.1) is 0 Å². The topological polar surface area (TPSA) is 78.5 Å². The number of carbonyl (C=O) groups is 3. The third kappa shape index (κ3) is 3.39. The Balaban J connectivity index is 2.05. The van der Waals surface area contributed by atoms with Crippen molar-refractivity contribution in [3.63, 3.8) is 0 Å². The first kappa shape index (κ1) is 16.3. The molecule has 1 fully saturated rings. The average molecular weight is 324 g/mol. The first-order valence-electron chi connectivity index (χ1n) is 7.14. The van der Waals surface area contributed by atoms with Crippen molar-refractivity contribution in [3.05, 3.63) is 29.3 Å². The molecule has 22 heavy (non-hydrogen) atoms. The van der Waals surface area contributed by atoms with Crippen LogP contribution in [0, 0.1) is 0 Å². The third-order valence-corrected chi connectivity index (χ3v) is 3.76. The van der Waals surface area contributed by atoms with Gasteiger partial charge in [-0.1, -0.05) is 24.9 Å². The highest BCUT2D eigenvalue weighted by molar-refractivity contribution is 6.30. The maximum Gasteiger partial charge on any atom is 0.325 e. The van der Waals surface area contributed by atoms with Crippen LogP contribution in [0.15, 0.2) is 24.3 Å². The molecule has 1 heterocycles. The maximum atomic E-state index is 12.2. The van der Waals surface area contributed by atoms with Crippen molar-refractivity contribution < 1.29 is 14.4 Å². The van der Waals surface area contributed by atoms with Gasteiger partial charge < -0.3 is 10.6 Å². The molecular formula is C15H18ClN3O3. The molecule has 7 heteroatoms. The first-order valence-corrected chi connectivity index (χ1v) is 7.51. The second kappa shape index (κ2) is 6.79. The molecule has 0 spiro atoms. The number of nitrogens with zero attached hydrogens (tertiary/aromatic N) is 1. The lowest BCUT2D eigenvalue weighted by atomic mass is 10.1. The Hall–Kier alpha value is -2.08. The Labute approximate surface area is 133 Å². The predicted molar refractivity (Wildman–Crippen MR) is 83.6 cm³/mol. The van der Waals surface area contributed by atoms with Crippen LogP contribution in [0.5, 0.6) is 0 Å². The van der Waals surface area contributed by atoms with Gasteiger partial charge >= 0.3 is 6.03 Å². The fourth-order valence-corrected chi connectivity index (χ4v) is 2.42. The number of hydrogen-bond donors (Lipinski definition) is 2. The molecule has 0 bridgehead atoms. The zero-order chi connectivity index (χ0) is 16.3. The zero-order valence-electron chi connectivity index (χ0n) is 12.4. The molecule has 2 N–H and O–H groups in total. The molecule has 4 amide bonds. The summed E-state index contributed by atoms with van der Waals surface area (Å²) in [5, 5.41) is 5.82. The summed E-state index contributed by atoms with van der Waals surface area (Å²) in [5.74, 6) is -0.784. The number of urea groups is 1. The lowest BCUT2D eigenvalue weighted by molar-refractivity contribution is -0.133. The molecule has 118 valence electrons. The van der Waals surface area contributed by atoms with Gasteiger partial charge in [-0.25, -0.2) is 4.79 Å². The molecule has 1 aliphatic rings. The highest BCUT2D eigenvalue weighted by atomic mass is 35.5. The van der Waals surface area contributed by atoms with E-state index in [4.69, 9.17) is 11.6 Å². The number of hydrogen-bond acceptors (Lipinski definition) is 3. The molecule has 1 saturated heterocycles. The molecule has 6 nitrogen and oxygen atoms in total. The van der Waals surface area contributed by atoms with Crippen molar-refractivity contribution >= 4 is 35.1 Å². The van der Waals surface area contributed by atoms with E-state index < -0.39 is 24.0 Å². The lowest BCUT2D eigenvalue weighted by Crippen LogP contribution is -2.46. The zero-order valence-corrected chi connectivity index (χ0v) is 13.2. The molecule has 0 unspecified atom stereocenters. The number of benzene rings is 1. The molecule has 0 saturated carbocycles. The lowest BCUT2D eigenvalue weighted by Gasteiger charge is -2.20. The summed E-state index contributed by atoms with van der Waals surface area (Å²) >= 11 is 5.78. The SMILES string of the molecule is CCC[C@@H]1NC(=O)N([C@H](C)C(=O)Nc2ccc(Cl)cc2)C1=O. The summed E-state index contributed by atoms with van der Waals surface area (Å²) in [4.78, 5) is 37.3. The van der Waals surface area contributed by atoms with E-state index >= 15 is 0 Å². The quantitative estimate of drug-likeness (QED) is 0.817. The van der Waals surface area contributed by atoms with Gasteiger partial charge in [-0.3, -0.25) is 14.5 Å². The van der Waals surface area contributed by atoms with E-state index in [2.05, 4.69) is 10.6 Å². The van der Waals surface area contributed by atoms with Crippen LogP contribution in [0.2, 0.25) is 5.02 Å². The first-order chi connectivity index (χ1) is 10.4. The van der Waals surface area contributed by atoms with E-state index in [1.54, 1.807) is 24.3 Å². The predicted octanol–water partition coefficient (Wildman–Crippen LogP) is 2.39. The Bertz CT molecular complexity index is 588. The fraction of sp³-hybridized carbons (Fsp3) is 0.400. The fourth-order valence-electron chi connectivity index (χ4n) is 2.30. The average Bonchev–Trinajstić information content (AvgIpc) is 2.75. The molecule has 0 aliphatic carbocycles. The number of carbonyl (C=O) groups excluding carboxylic acids is 3. The summed E-state index contributed by atoms with van der Waals surface area (Å²) in [6.07, 6.45) is 1.34. The van der Waals surface area contributed by atoms with Gasteiger partial charge in [0.15, 0.2) is 0 Å². The molecule has 1 aromatic rings. The Kier molecular flexibility index (Phi) is 5.03. The van der Waals surface area contributed by atoms with Crippen molar-refractivity contribution in [2.24, 2.45) is 0 Å². The molecule has 1 aliphatic heterocycles. The van der Waals surface area contributed by atoms with Crippen LogP contribution in [0.3, 0.4) is 0 Å². The Morgan fingerprint density at radius 2 is 2.00 bits per heavy atom. The number of amides is 4. The summed E-state index contributed by atoms with van der Waals surface area (Å²) in [6.45, 7) is 3.45. The van der Waals surface area contributed by atoms with E-state index in [1.807, 2.05) is 6.92 Å². The standard InChI is InChI=1S/C15H18ClN3O3/c1-3-4-12-14(21)19(15(22)18-12)9(2)13(20)17-11-7-5-10(16)6-8-11/h5-9,12H,3-4H2,1-2H3,(H,17,20)(H,18,22)/t9-,12+/m1/s1. The van der Waals surface area contributed by atoms with E-state index in [0.29, 0.717) is 17.1 Å². The Morgan fingerprint density at radius 3 is 2.59 bits per heavy atom. The number of nitrogens with one attached hydrogen (secondary N) is 2. The van der Waals surface area contributed by atoms with Gasteiger partial charge in [-0.05, 0) is 37.6 Å². The highest BCUT2D eigenvalue weighted by Gasteiger charge is 2.42. The largest absolute Gasteiger partial charge is 0.326 e. The van der Waals surface area contributed by atoms with E-state index in [-0.39, 0.29) is 5.91 Å². The smallest absolute Gasteiger partial charge is 0.325 e. The van der Waals surface area contributed by atoms with Crippen LogP contribution in [0.1, 0.15) is 26.7 Å². The van der Waals surface area contributed by atoms with Gasteiger partial charge in [-0.15, -0.1) is 0 Å². The van der Waals surface area contributed by atoms with Crippen molar-refractivity contribution in [1.29, 1.82) is 0 Å². The highest BCUT2D eigenvalue weighted by Crippen LogP contribution is 2.17. The minimum atomic E-state index is -0.884. The molecule has 1 aromatic carbocycles. The summed E-state index contributed by atoms with van der Waals surface area (Å²) in [7, 11) is 0. The van der Waals surface area contributed by atoms with Gasteiger partial charge in [-0.2, -0.15) is 0 Å². The molecule has 0 radical (unpaired) electrons. The molecule has 2 atom stereocenters. The number of anilines is 1. The van der Waals surface area contributed by atoms with Crippen LogP contribution < -0.4 is 10.6 Å². The second-order valence-electron chi connectivity index (χ2n) is 5.17. The normalized spacial score (nSPS) is 19.0. The van der Waals surface area contributed by atoms with Crippen molar-refractivity contribution in [2.75, 3.05) is 5.32 Å². The van der Waals surface area contributed by atoms with Crippen molar-refractivity contribution in [1.82, 2.24) is 10.2 Å². The number of imide groups is 1. The summed E-state index contributed by atoms with van der Waals surface area (Å²) in [6, 6.07) is 4.65. The minimum Gasteiger partial charge on any atom is -0.326 e. The molecule has 2 rings (SSSR count). The van der Waals surface area contributed by atoms with Gasteiger partial charge in [0.1, 0.15) is 12.1 Å². The monoisotopic (exact) mass is 323 g/mol. The van der Waals surface area contributed by atoms with Gasteiger partial charge in [0.2, 0.25) is 5.91 Å². The van der Waals surface area contributed by atoms with Crippen LogP contribution in [0.4, 0.5) is 10.5 Å². The second-order valence-corrected chi connectivity index (χ2v) is 5.61. The minimum absolute atomic E-state index is 0.356.